The highest BCUT2D eigenvalue weighted by atomic mass is 35.5. The molecule has 5 nitrogen and oxygen atoms in total. The zero-order valence-electron chi connectivity index (χ0n) is 17.6. The van der Waals surface area contributed by atoms with Crippen molar-refractivity contribution in [2.24, 2.45) is 0 Å². The molecule has 32 heavy (non-hydrogen) atoms. The Balaban J connectivity index is 1.84. The van der Waals surface area contributed by atoms with Gasteiger partial charge >= 0.3 is 5.97 Å². The largest absolute Gasteiger partial charge is 0.490 e. The summed E-state index contributed by atoms with van der Waals surface area (Å²) in [6, 6.07) is 23.7. The average Bonchev–Trinajstić information content (AvgIpc) is 2.83. The molecule has 0 bridgehead atoms. The Kier molecular flexibility index (Phi) is 6.47. The van der Waals surface area contributed by atoms with Gasteiger partial charge in [0.05, 0.1) is 19.8 Å². The molecule has 0 saturated heterocycles. The number of ether oxygens (including phenoxy) is 4. The molecule has 0 amide bonds. The first kappa shape index (κ1) is 21.5. The lowest BCUT2D eigenvalue weighted by Gasteiger charge is -2.20. The number of rotatable bonds is 7. The van der Waals surface area contributed by atoms with Crippen molar-refractivity contribution in [3.05, 3.63) is 95.0 Å². The van der Waals surface area contributed by atoms with Crippen LogP contribution in [0.4, 0.5) is 0 Å². The minimum atomic E-state index is -0.514. The van der Waals surface area contributed by atoms with Crippen LogP contribution in [0.1, 0.15) is 15.9 Å². The number of hydrogen-bond acceptors (Lipinski definition) is 5. The number of fused-ring (bicyclic) bond motifs is 1. The molecule has 4 aromatic carbocycles. The minimum absolute atomic E-state index is 0.233. The first-order valence-corrected chi connectivity index (χ1v) is 10.3. The van der Waals surface area contributed by atoms with Crippen LogP contribution in [0.25, 0.3) is 10.8 Å². The molecule has 0 aromatic heterocycles. The van der Waals surface area contributed by atoms with Gasteiger partial charge in [-0.15, -0.1) is 0 Å². The van der Waals surface area contributed by atoms with Gasteiger partial charge in [-0.2, -0.15) is 0 Å². The van der Waals surface area contributed by atoms with E-state index in [0.717, 1.165) is 5.56 Å². The minimum Gasteiger partial charge on any atom is -0.490 e. The Morgan fingerprint density at radius 3 is 2.03 bits per heavy atom. The maximum Gasteiger partial charge on any atom is 0.343 e. The lowest BCUT2D eigenvalue weighted by Crippen LogP contribution is -2.10. The van der Waals surface area contributed by atoms with Crippen molar-refractivity contribution in [2.75, 3.05) is 14.2 Å². The van der Waals surface area contributed by atoms with Crippen molar-refractivity contribution in [1.82, 2.24) is 0 Å². The topological polar surface area (TPSA) is 54.0 Å². The van der Waals surface area contributed by atoms with Crippen molar-refractivity contribution in [2.45, 2.75) is 6.61 Å². The maximum absolute atomic E-state index is 12.8. The standard InChI is InChI=1S/C26H21ClO5/c1-29-24-22(31-16-17-9-5-3-6-10-17)21-15-19(27)13-14-20(21)23(25(24)30-2)32-26(28)18-11-7-4-8-12-18/h3-15H,16H2,1-2H3. The highest BCUT2D eigenvalue weighted by molar-refractivity contribution is 6.31. The molecule has 0 unspecified atom stereocenters. The van der Waals surface area contributed by atoms with Gasteiger partial charge < -0.3 is 18.9 Å². The second-order valence-corrected chi connectivity index (χ2v) is 7.38. The van der Waals surface area contributed by atoms with Crippen molar-refractivity contribution in [3.8, 4) is 23.0 Å². The SMILES string of the molecule is COc1c(OC)c(OC(=O)c2ccccc2)c2ccc(Cl)cc2c1OCc1ccccc1. The lowest BCUT2D eigenvalue weighted by atomic mass is 10.1. The number of hydrogen-bond donors (Lipinski definition) is 0. The predicted octanol–water partition coefficient (Wildman–Crippen LogP) is 6.31. The summed E-state index contributed by atoms with van der Waals surface area (Å²) in [4.78, 5) is 12.8. The quantitative estimate of drug-likeness (QED) is 0.245. The van der Waals surface area contributed by atoms with Gasteiger partial charge in [0, 0.05) is 15.8 Å². The Morgan fingerprint density at radius 2 is 1.38 bits per heavy atom. The van der Waals surface area contributed by atoms with Crippen LogP contribution in [0.3, 0.4) is 0 Å². The molecule has 6 heteroatoms. The molecule has 4 aromatic rings. The molecule has 0 aliphatic heterocycles. The molecule has 0 spiro atoms. The van der Waals surface area contributed by atoms with Crippen molar-refractivity contribution < 1.29 is 23.7 Å². The normalized spacial score (nSPS) is 10.6. The molecule has 0 N–H and O–H groups in total. The molecule has 0 radical (unpaired) electrons. The van der Waals surface area contributed by atoms with Crippen LogP contribution in [0, 0.1) is 0 Å². The number of carbonyl (C=O) groups is 1. The molecule has 0 saturated carbocycles. The van der Waals surface area contributed by atoms with E-state index in [9.17, 15) is 4.79 Å². The number of benzene rings is 4. The van der Waals surface area contributed by atoms with E-state index in [1.165, 1.54) is 14.2 Å². The Hall–Kier alpha value is -3.70. The monoisotopic (exact) mass is 448 g/mol. The summed E-state index contributed by atoms with van der Waals surface area (Å²) in [5.41, 5.74) is 1.41. The van der Waals surface area contributed by atoms with E-state index >= 15 is 0 Å². The van der Waals surface area contributed by atoms with E-state index in [4.69, 9.17) is 30.5 Å². The van der Waals surface area contributed by atoms with Crippen LogP contribution in [0.15, 0.2) is 78.9 Å². The van der Waals surface area contributed by atoms with Gasteiger partial charge in [0.1, 0.15) is 6.61 Å². The third-order valence-electron chi connectivity index (χ3n) is 4.93. The summed E-state index contributed by atoms with van der Waals surface area (Å²) in [6.45, 7) is 0.311. The van der Waals surface area contributed by atoms with Crippen molar-refractivity contribution in [3.63, 3.8) is 0 Å². The highest BCUT2D eigenvalue weighted by Crippen LogP contribution is 2.51. The van der Waals surface area contributed by atoms with Crippen LogP contribution in [-0.4, -0.2) is 20.2 Å². The third-order valence-corrected chi connectivity index (χ3v) is 5.16. The molecular formula is C26H21ClO5. The summed E-state index contributed by atoms with van der Waals surface area (Å²) in [5.74, 6) is 0.742. The molecule has 0 atom stereocenters. The molecule has 4 rings (SSSR count). The summed E-state index contributed by atoms with van der Waals surface area (Å²) in [5, 5.41) is 1.76. The Labute approximate surface area is 191 Å². The Morgan fingerprint density at radius 1 is 0.750 bits per heavy atom. The summed E-state index contributed by atoms with van der Waals surface area (Å²) in [6.07, 6.45) is 0. The van der Waals surface area contributed by atoms with Crippen LogP contribution in [0.2, 0.25) is 5.02 Å². The highest BCUT2D eigenvalue weighted by Gasteiger charge is 2.26. The van der Waals surface area contributed by atoms with Gasteiger partial charge in [-0.3, -0.25) is 0 Å². The van der Waals surface area contributed by atoms with E-state index in [-0.39, 0.29) is 11.5 Å². The van der Waals surface area contributed by atoms with Crippen LogP contribution < -0.4 is 18.9 Å². The van der Waals surface area contributed by atoms with Crippen molar-refractivity contribution >= 4 is 28.3 Å². The fourth-order valence-electron chi connectivity index (χ4n) is 3.42. The van der Waals surface area contributed by atoms with Crippen LogP contribution in [-0.2, 0) is 6.61 Å². The van der Waals surface area contributed by atoms with Crippen LogP contribution >= 0.6 is 11.6 Å². The molecule has 0 aliphatic carbocycles. The number of halogens is 1. The molecular weight excluding hydrogens is 428 g/mol. The van der Waals surface area contributed by atoms with E-state index in [1.54, 1.807) is 42.5 Å². The molecule has 162 valence electrons. The maximum atomic E-state index is 12.8. The van der Waals surface area contributed by atoms with E-state index in [2.05, 4.69) is 0 Å². The second kappa shape index (κ2) is 9.62. The summed E-state index contributed by atoms with van der Waals surface area (Å²) < 4.78 is 23.2. The summed E-state index contributed by atoms with van der Waals surface area (Å²) >= 11 is 6.30. The van der Waals surface area contributed by atoms with E-state index in [1.807, 2.05) is 36.4 Å². The van der Waals surface area contributed by atoms with Crippen LogP contribution in [0.5, 0.6) is 23.0 Å². The first-order valence-electron chi connectivity index (χ1n) is 9.93. The van der Waals surface area contributed by atoms with Gasteiger partial charge in [-0.1, -0.05) is 60.1 Å². The first-order chi connectivity index (χ1) is 15.6. The fraction of sp³-hybridized carbons (Fsp3) is 0.115. The van der Waals surface area contributed by atoms with Gasteiger partial charge in [-0.25, -0.2) is 4.79 Å². The lowest BCUT2D eigenvalue weighted by molar-refractivity contribution is 0.0731. The zero-order valence-corrected chi connectivity index (χ0v) is 18.4. The smallest absolute Gasteiger partial charge is 0.343 e. The predicted molar refractivity (Wildman–Crippen MR) is 124 cm³/mol. The van der Waals surface area contributed by atoms with E-state index in [0.29, 0.717) is 39.5 Å². The number of carbonyl (C=O) groups excluding carboxylic acids is 1. The van der Waals surface area contributed by atoms with Crippen molar-refractivity contribution in [1.29, 1.82) is 0 Å². The third kappa shape index (κ3) is 4.34. The number of esters is 1. The fourth-order valence-corrected chi connectivity index (χ4v) is 3.60. The second-order valence-electron chi connectivity index (χ2n) is 6.94. The summed E-state index contributed by atoms with van der Waals surface area (Å²) in [7, 11) is 2.99. The molecule has 0 heterocycles. The van der Waals surface area contributed by atoms with Gasteiger partial charge in [0.15, 0.2) is 11.5 Å². The van der Waals surface area contributed by atoms with Gasteiger partial charge in [0.25, 0.3) is 0 Å². The zero-order chi connectivity index (χ0) is 22.5. The van der Waals surface area contributed by atoms with Gasteiger partial charge in [0.2, 0.25) is 11.5 Å². The van der Waals surface area contributed by atoms with E-state index < -0.39 is 5.97 Å². The van der Waals surface area contributed by atoms with Gasteiger partial charge in [-0.05, 0) is 35.9 Å². The molecule has 0 fully saturated rings. The average molecular weight is 449 g/mol. The Bertz CT molecular complexity index is 1240. The number of methoxy groups -OCH3 is 2. The molecule has 0 aliphatic rings.